The second-order valence-electron chi connectivity index (χ2n) is 3.00. The average Bonchev–Trinajstić information content (AvgIpc) is 2.71. The van der Waals surface area contributed by atoms with Crippen LogP contribution >= 0.6 is 0 Å². The third-order valence-corrected chi connectivity index (χ3v) is 2.00. The zero-order chi connectivity index (χ0) is 9.80. The highest BCUT2D eigenvalue weighted by molar-refractivity contribution is 5.30. The van der Waals surface area contributed by atoms with Crippen molar-refractivity contribution in [3.63, 3.8) is 0 Å². The van der Waals surface area contributed by atoms with Crippen LogP contribution in [0.25, 0.3) is 0 Å². The predicted octanol–water partition coefficient (Wildman–Crippen LogP) is 2.27. The molecule has 2 rings (SSSR count). The van der Waals surface area contributed by atoms with E-state index in [1.165, 1.54) is 6.39 Å². The van der Waals surface area contributed by atoms with E-state index < -0.39 is 0 Å². The molecule has 0 unspecified atom stereocenters. The SMILES string of the molecule is COc1cccc(Cc2cnco2)c1. The molecule has 0 radical (unpaired) electrons. The van der Waals surface area contributed by atoms with Gasteiger partial charge in [0.15, 0.2) is 6.39 Å². The van der Waals surface area contributed by atoms with Gasteiger partial charge in [-0.05, 0) is 17.7 Å². The summed E-state index contributed by atoms with van der Waals surface area (Å²) >= 11 is 0. The number of hydrogen-bond donors (Lipinski definition) is 0. The fourth-order valence-corrected chi connectivity index (χ4v) is 1.31. The van der Waals surface area contributed by atoms with Crippen molar-refractivity contribution in [2.75, 3.05) is 7.11 Å². The molecule has 2 aromatic rings. The molecule has 0 bridgehead atoms. The van der Waals surface area contributed by atoms with E-state index in [1.807, 2.05) is 24.3 Å². The van der Waals surface area contributed by atoms with Crippen LogP contribution in [-0.4, -0.2) is 12.1 Å². The van der Waals surface area contributed by atoms with Gasteiger partial charge in [-0.3, -0.25) is 0 Å². The second-order valence-corrected chi connectivity index (χ2v) is 3.00. The molecule has 0 spiro atoms. The lowest BCUT2D eigenvalue weighted by Crippen LogP contribution is -1.88. The maximum atomic E-state index is 5.16. The van der Waals surface area contributed by atoms with Crippen LogP contribution in [0, 0.1) is 0 Å². The molecule has 1 heterocycles. The van der Waals surface area contributed by atoms with Gasteiger partial charge < -0.3 is 9.15 Å². The lowest BCUT2D eigenvalue weighted by Gasteiger charge is -2.01. The Labute approximate surface area is 82.3 Å². The van der Waals surface area contributed by atoms with Gasteiger partial charge in [0.2, 0.25) is 0 Å². The molecule has 1 aromatic heterocycles. The van der Waals surface area contributed by atoms with E-state index in [-0.39, 0.29) is 0 Å². The summed E-state index contributed by atoms with van der Waals surface area (Å²) in [7, 11) is 1.66. The van der Waals surface area contributed by atoms with Crippen molar-refractivity contribution in [1.29, 1.82) is 0 Å². The summed E-state index contributed by atoms with van der Waals surface area (Å²) < 4.78 is 10.3. The van der Waals surface area contributed by atoms with E-state index in [1.54, 1.807) is 13.3 Å². The fraction of sp³-hybridized carbons (Fsp3) is 0.182. The Morgan fingerprint density at radius 2 is 2.36 bits per heavy atom. The van der Waals surface area contributed by atoms with E-state index in [9.17, 15) is 0 Å². The summed E-state index contributed by atoms with van der Waals surface area (Å²) in [6, 6.07) is 7.90. The summed E-state index contributed by atoms with van der Waals surface area (Å²) in [4.78, 5) is 3.86. The van der Waals surface area contributed by atoms with Gasteiger partial charge in [0.1, 0.15) is 11.5 Å². The van der Waals surface area contributed by atoms with Crippen LogP contribution in [0.4, 0.5) is 0 Å². The minimum Gasteiger partial charge on any atom is -0.497 e. The second kappa shape index (κ2) is 3.96. The Morgan fingerprint density at radius 3 is 3.07 bits per heavy atom. The van der Waals surface area contributed by atoms with Crippen molar-refractivity contribution >= 4 is 0 Å². The summed E-state index contributed by atoms with van der Waals surface area (Å²) in [6.07, 6.45) is 3.91. The molecule has 0 atom stereocenters. The maximum Gasteiger partial charge on any atom is 0.180 e. The number of aromatic nitrogens is 1. The zero-order valence-electron chi connectivity index (χ0n) is 7.93. The summed E-state index contributed by atoms with van der Waals surface area (Å²) in [5.74, 6) is 1.72. The lowest BCUT2D eigenvalue weighted by atomic mass is 10.1. The third kappa shape index (κ3) is 1.93. The minimum atomic E-state index is 0.747. The molecule has 0 aliphatic carbocycles. The Kier molecular flexibility index (Phi) is 2.49. The van der Waals surface area contributed by atoms with Crippen molar-refractivity contribution in [2.45, 2.75) is 6.42 Å². The van der Waals surface area contributed by atoms with Crippen LogP contribution in [0.1, 0.15) is 11.3 Å². The lowest BCUT2D eigenvalue weighted by molar-refractivity contribution is 0.414. The number of methoxy groups -OCH3 is 1. The molecule has 1 aromatic carbocycles. The van der Waals surface area contributed by atoms with Crippen LogP contribution < -0.4 is 4.74 Å². The van der Waals surface area contributed by atoms with Crippen LogP contribution in [-0.2, 0) is 6.42 Å². The highest BCUT2D eigenvalue weighted by Gasteiger charge is 2.00. The fourth-order valence-electron chi connectivity index (χ4n) is 1.31. The molecule has 0 aliphatic heterocycles. The average molecular weight is 189 g/mol. The predicted molar refractivity (Wildman–Crippen MR) is 52.3 cm³/mol. The van der Waals surface area contributed by atoms with Crippen molar-refractivity contribution in [3.05, 3.63) is 48.2 Å². The van der Waals surface area contributed by atoms with Crippen molar-refractivity contribution in [1.82, 2.24) is 4.98 Å². The molecule has 0 fully saturated rings. The molecule has 0 saturated carbocycles. The number of nitrogens with zero attached hydrogens (tertiary/aromatic N) is 1. The van der Waals surface area contributed by atoms with Gasteiger partial charge in [-0.25, -0.2) is 4.98 Å². The molecule has 0 aliphatic rings. The Bertz CT molecular complexity index is 395. The third-order valence-electron chi connectivity index (χ3n) is 2.00. The Morgan fingerprint density at radius 1 is 1.43 bits per heavy atom. The van der Waals surface area contributed by atoms with Gasteiger partial charge in [-0.1, -0.05) is 12.1 Å². The molecular weight excluding hydrogens is 178 g/mol. The molecule has 3 nitrogen and oxygen atoms in total. The van der Waals surface area contributed by atoms with Gasteiger partial charge in [0, 0.05) is 6.42 Å². The van der Waals surface area contributed by atoms with E-state index in [4.69, 9.17) is 9.15 Å². The topological polar surface area (TPSA) is 35.3 Å². The van der Waals surface area contributed by atoms with Gasteiger partial charge >= 0.3 is 0 Å². The monoisotopic (exact) mass is 189 g/mol. The number of oxazole rings is 1. The normalized spacial score (nSPS) is 10.1. The summed E-state index contributed by atoms with van der Waals surface area (Å²) in [6.45, 7) is 0. The first-order chi connectivity index (χ1) is 6.88. The van der Waals surface area contributed by atoms with Crippen molar-refractivity contribution in [2.24, 2.45) is 0 Å². The van der Waals surface area contributed by atoms with Crippen molar-refractivity contribution in [3.8, 4) is 5.75 Å². The van der Waals surface area contributed by atoms with Crippen LogP contribution in [0.3, 0.4) is 0 Å². The molecule has 0 amide bonds. The first-order valence-corrected chi connectivity index (χ1v) is 4.39. The van der Waals surface area contributed by atoms with E-state index in [0.29, 0.717) is 0 Å². The molecule has 14 heavy (non-hydrogen) atoms. The van der Waals surface area contributed by atoms with Gasteiger partial charge in [0.05, 0.1) is 13.3 Å². The minimum absolute atomic E-state index is 0.747. The van der Waals surface area contributed by atoms with E-state index in [0.717, 1.165) is 23.5 Å². The summed E-state index contributed by atoms with van der Waals surface area (Å²) in [5, 5.41) is 0. The van der Waals surface area contributed by atoms with E-state index >= 15 is 0 Å². The number of benzene rings is 1. The first-order valence-electron chi connectivity index (χ1n) is 4.39. The number of rotatable bonds is 3. The largest absolute Gasteiger partial charge is 0.497 e. The highest BCUT2D eigenvalue weighted by Crippen LogP contribution is 2.15. The van der Waals surface area contributed by atoms with Crippen molar-refractivity contribution < 1.29 is 9.15 Å². The zero-order valence-corrected chi connectivity index (χ0v) is 7.93. The maximum absolute atomic E-state index is 5.16. The van der Waals surface area contributed by atoms with Crippen LogP contribution in [0.2, 0.25) is 0 Å². The molecule has 0 N–H and O–H groups in total. The quantitative estimate of drug-likeness (QED) is 0.743. The highest BCUT2D eigenvalue weighted by atomic mass is 16.5. The van der Waals surface area contributed by atoms with E-state index in [2.05, 4.69) is 4.98 Å². The van der Waals surface area contributed by atoms with Crippen LogP contribution in [0.15, 0.2) is 41.3 Å². The van der Waals surface area contributed by atoms with Gasteiger partial charge in [-0.2, -0.15) is 0 Å². The summed E-state index contributed by atoms with van der Waals surface area (Å²) in [5.41, 5.74) is 1.15. The molecule has 3 heteroatoms. The molecule has 72 valence electrons. The standard InChI is InChI=1S/C11H11NO2/c1-13-10-4-2-3-9(5-10)6-11-7-12-8-14-11/h2-5,7-8H,6H2,1H3. The van der Waals surface area contributed by atoms with Gasteiger partial charge in [0.25, 0.3) is 0 Å². The Hall–Kier alpha value is -1.77. The molecular formula is C11H11NO2. The van der Waals surface area contributed by atoms with Crippen LogP contribution in [0.5, 0.6) is 5.75 Å². The van der Waals surface area contributed by atoms with Gasteiger partial charge in [-0.15, -0.1) is 0 Å². The smallest absolute Gasteiger partial charge is 0.180 e. The first kappa shape index (κ1) is 8.81. The Balaban J connectivity index is 2.17. The number of ether oxygens (including phenoxy) is 1. The number of hydrogen-bond acceptors (Lipinski definition) is 3. The molecule has 0 saturated heterocycles.